The van der Waals surface area contributed by atoms with Gasteiger partial charge >= 0.3 is 0 Å². The number of benzene rings is 2. The number of nitrogens with zero attached hydrogens (tertiary/aromatic N) is 2. The monoisotopic (exact) mass is 420 g/mol. The van der Waals surface area contributed by atoms with Gasteiger partial charge in [0, 0.05) is 21.9 Å². The summed E-state index contributed by atoms with van der Waals surface area (Å²) in [5.41, 5.74) is 4.26. The zero-order valence-corrected chi connectivity index (χ0v) is 18.9. The maximum absolute atomic E-state index is 5.95. The van der Waals surface area contributed by atoms with Gasteiger partial charge in [0.1, 0.15) is 5.71 Å². The first-order chi connectivity index (χ1) is 14.7. The summed E-state index contributed by atoms with van der Waals surface area (Å²) in [6.07, 6.45) is 2.10. The summed E-state index contributed by atoms with van der Waals surface area (Å²) in [6.45, 7) is 9.48. The van der Waals surface area contributed by atoms with Gasteiger partial charge < -0.3 is 9.47 Å². The van der Waals surface area contributed by atoms with Gasteiger partial charge in [0.05, 0.1) is 18.1 Å². The topological polar surface area (TPSA) is 43.2 Å². The molecule has 2 aromatic carbocycles. The number of rotatable bonds is 7. The zero-order chi connectivity index (χ0) is 21.1. The molecule has 2 heterocycles. The molecule has 5 heteroatoms. The first kappa shape index (κ1) is 20.6. The van der Waals surface area contributed by atoms with Gasteiger partial charge in [-0.3, -0.25) is 0 Å². The summed E-state index contributed by atoms with van der Waals surface area (Å²) in [5, 5.41) is 10.6. The Morgan fingerprint density at radius 2 is 1.67 bits per heavy atom. The van der Waals surface area contributed by atoms with Gasteiger partial charge in [0.15, 0.2) is 11.5 Å². The third-order valence-electron chi connectivity index (χ3n) is 5.39. The average molecular weight is 421 g/mol. The molecule has 0 fully saturated rings. The Labute approximate surface area is 182 Å². The summed E-state index contributed by atoms with van der Waals surface area (Å²) in [4.78, 5) is 1.12. The van der Waals surface area contributed by atoms with E-state index in [0.29, 0.717) is 13.2 Å². The molecule has 0 amide bonds. The third-order valence-corrected chi connectivity index (χ3v) is 6.52. The number of fused-ring (bicyclic) bond motifs is 2. The van der Waals surface area contributed by atoms with Crippen molar-refractivity contribution in [2.45, 2.75) is 46.5 Å². The van der Waals surface area contributed by atoms with Gasteiger partial charge in [0.2, 0.25) is 0 Å². The van der Waals surface area contributed by atoms with E-state index < -0.39 is 0 Å². The SMILES string of the molecule is CCCC1C(C)=NN=C(c2cc3ccccc3s2)c2cc(OCC)c(OCC)cc21. The van der Waals surface area contributed by atoms with Crippen LogP contribution < -0.4 is 9.47 Å². The highest BCUT2D eigenvalue weighted by molar-refractivity contribution is 7.21. The fourth-order valence-corrected chi connectivity index (χ4v) is 5.08. The maximum atomic E-state index is 5.95. The van der Waals surface area contributed by atoms with Crippen molar-refractivity contribution in [1.29, 1.82) is 0 Å². The molecule has 0 spiro atoms. The highest BCUT2D eigenvalue weighted by Gasteiger charge is 2.27. The van der Waals surface area contributed by atoms with Crippen LogP contribution in [0.4, 0.5) is 0 Å². The van der Waals surface area contributed by atoms with Crippen LogP contribution in [-0.4, -0.2) is 24.6 Å². The van der Waals surface area contributed by atoms with Crippen LogP contribution >= 0.6 is 11.3 Å². The van der Waals surface area contributed by atoms with E-state index in [9.17, 15) is 0 Å². The van der Waals surface area contributed by atoms with Crippen molar-refractivity contribution in [1.82, 2.24) is 0 Å². The summed E-state index contributed by atoms with van der Waals surface area (Å²) < 4.78 is 13.1. The largest absolute Gasteiger partial charge is 0.490 e. The molecular weight excluding hydrogens is 392 g/mol. The molecule has 156 valence electrons. The molecule has 1 aromatic heterocycles. The van der Waals surface area contributed by atoms with E-state index in [1.54, 1.807) is 11.3 Å². The lowest BCUT2D eigenvalue weighted by Gasteiger charge is -2.21. The van der Waals surface area contributed by atoms with Crippen LogP contribution in [0.5, 0.6) is 11.5 Å². The molecule has 0 bridgehead atoms. The third kappa shape index (κ3) is 3.86. The Bertz CT molecular complexity index is 1080. The standard InChI is InChI=1S/C25H28N2O2S/c1-5-10-18-16(4)26-27-25(24-13-17-11-8-9-12-23(17)30-24)20-15-22(29-7-3)21(28-6-2)14-19(18)20/h8-9,11-15,18H,5-7,10H2,1-4H3. The van der Waals surface area contributed by atoms with Crippen molar-refractivity contribution in [2.75, 3.05) is 13.2 Å². The predicted molar refractivity (Wildman–Crippen MR) is 127 cm³/mol. The van der Waals surface area contributed by atoms with Crippen LogP contribution in [0.2, 0.25) is 0 Å². The lowest BCUT2D eigenvalue weighted by molar-refractivity contribution is 0.287. The molecule has 0 saturated heterocycles. The smallest absolute Gasteiger partial charge is 0.161 e. The van der Waals surface area contributed by atoms with Gasteiger partial charge in [-0.1, -0.05) is 31.5 Å². The normalized spacial score (nSPS) is 15.9. The second-order valence-corrected chi connectivity index (χ2v) is 8.52. The molecule has 1 unspecified atom stereocenters. The fourth-order valence-electron chi connectivity index (χ4n) is 4.02. The van der Waals surface area contributed by atoms with E-state index in [0.717, 1.165) is 46.2 Å². The average Bonchev–Trinajstić information content (AvgIpc) is 3.12. The Balaban J connectivity index is 1.94. The summed E-state index contributed by atoms with van der Waals surface area (Å²) >= 11 is 1.75. The minimum Gasteiger partial charge on any atom is -0.490 e. The molecule has 1 aliphatic rings. The predicted octanol–water partition coefficient (Wildman–Crippen LogP) is 6.81. The van der Waals surface area contributed by atoms with Crippen molar-refractivity contribution in [3.05, 3.63) is 58.5 Å². The molecule has 0 radical (unpaired) electrons. The second-order valence-electron chi connectivity index (χ2n) is 7.43. The van der Waals surface area contributed by atoms with Crippen molar-refractivity contribution < 1.29 is 9.47 Å². The molecule has 3 aromatic rings. The van der Waals surface area contributed by atoms with Crippen molar-refractivity contribution in [2.24, 2.45) is 10.2 Å². The minimum absolute atomic E-state index is 0.218. The molecule has 0 N–H and O–H groups in total. The number of hydrogen-bond acceptors (Lipinski definition) is 5. The maximum Gasteiger partial charge on any atom is 0.161 e. The number of hydrogen-bond donors (Lipinski definition) is 0. The Morgan fingerprint density at radius 1 is 0.933 bits per heavy atom. The summed E-state index contributed by atoms with van der Waals surface area (Å²) in [5.74, 6) is 1.78. The van der Waals surface area contributed by atoms with Crippen LogP contribution in [0, 0.1) is 0 Å². The highest BCUT2D eigenvalue weighted by Crippen LogP contribution is 2.40. The molecule has 1 atom stereocenters. The van der Waals surface area contributed by atoms with E-state index in [2.05, 4.69) is 61.4 Å². The first-order valence-corrected chi connectivity index (χ1v) is 11.5. The molecule has 0 saturated carbocycles. The Morgan fingerprint density at radius 3 is 2.37 bits per heavy atom. The quantitative estimate of drug-likeness (QED) is 0.421. The molecule has 0 aliphatic carbocycles. The summed E-state index contributed by atoms with van der Waals surface area (Å²) in [6, 6.07) is 14.9. The van der Waals surface area contributed by atoms with Gasteiger partial charge in [-0.2, -0.15) is 5.10 Å². The molecular formula is C25H28N2O2S. The molecule has 4 rings (SSSR count). The number of thiophene rings is 1. The van der Waals surface area contributed by atoms with Crippen LogP contribution in [0.3, 0.4) is 0 Å². The van der Waals surface area contributed by atoms with Crippen LogP contribution in [0.1, 0.15) is 62.5 Å². The van der Waals surface area contributed by atoms with Gasteiger partial charge in [-0.25, -0.2) is 0 Å². The van der Waals surface area contributed by atoms with E-state index in [4.69, 9.17) is 14.6 Å². The lowest BCUT2D eigenvalue weighted by atomic mass is 9.85. The Hall–Kier alpha value is -2.66. The lowest BCUT2D eigenvalue weighted by Crippen LogP contribution is -2.13. The van der Waals surface area contributed by atoms with Crippen molar-refractivity contribution in [3.8, 4) is 11.5 Å². The van der Waals surface area contributed by atoms with Crippen molar-refractivity contribution >= 4 is 32.8 Å². The zero-order valence-electron chi connectivity index (χ0n) is 18.1. The van der Waals surface area contributed by atoms with Gasteiger partial charge in [-0.15, -0.1) is 16.4 Å². The van der Waals surface area contributed by atoms with Crippen LogP contribution in [0.25, 0.3) is 10.1 Å². The van der Waals surface area contributed by atoms with E-state index in [-0.39, 0.29) is 5.92 Å². The van der Waals surface area contributed by atoms with Crippen LogP contribution in [-0.2, 0) is 0 Å². The van der Waals surface area contributed by atoms with Gasteiger partial charge in [-0.05, 0) is 62.4 Å². The molecule has 1 aliphatic heterocycles. The number of ether oxygens (including phenoxy) is 2. The van der Waals surface area contributed by atoms with E-state index in [1.165, 1.54) is 15.6 Å². The summed E-state index contributed by atoms with van der Waals surface area (Å²) in [7, 11) is 0. The molecule has 4 nitrogen and oxygen atoms in total. The fraction of sp³-hybridized carbons (Fsp3) is 0.360. The first-order valence-electron chi connectivity index (χ1n) is 10.7. The van der Waals surface area contributed by atoms with E-state index >= 15 is 0 Å². The van der Waals surface area contributed by atoms with E-state index in [1.807, 2.05) is 13.8 Å². The van der Waals surface area contributed by atoms with Crippen LogP contribution in [0.15, 0.2) is 52.7 Å². The minimum atomic E-state index is 0.218. The second kappa shape index (κ2) is 9.00. The highest BCUT2D eigenvalue weighted by atomic mass is 32.1. The Kier molecular flexibility index (Phi) is 6.18. The van der Waals surface area contributed by atoms with Crippen molar-refractivity contribution in [3.63, 3.8) is 0 Å². The van der Waals surface area contributed by atoms with Gasteiger partial charge in [0.25, 0.3) is 0 Å². The molecule has 30 heavy (non-hydrogen) atoms.